The van der Waals surface area contributed by atoms with Crippen LogP contribution in [-0.2, 0) is 10.3 Å². The van der Waals surface area contributed by atoms with Gasteiger partial charge in [-0.25, -0.2) is 4.39 Å². The minimum Gasteiger partial charge on any atom is -0.324 e. The molecule has 5 nitrogen and oxygen atoms in total. The highest BCUT2D eigenvalue weighted by Crippen LogP contribution is 2.29. The predicted octanol–water partition coefficient (Wildman–Crippen LogP) is 2.05. The lowest BCUT2D eigenvalue weighted by atomic mass is 9.87. The normalized spacial score (nSPS) is 17.2. The van der Waals surface area contributed by atoms with Gasteiger partial charge in [-0.05, 0) is 56.6 Å². The van der Waals surface area contributed by atoms with Crippen LogP contribution >= 0.6 is 0 Å². The zero-order chi connectivity index (χ0) is 15.6. The highest BCUT2D eigenvalue weighted by molar-refractivity contribution is 5.97. The van der Waals surface area contributed by atoms with Crippen LogP contribution in [0, 0.1) is 12.7 Å². The van der Waals surface area contributed by atoms with Gasteiger partial charge in [-0.15, -0.1) is 0 Å². The van der Waals surface area contributed by atoms with Gasteiger partial charge >= 0.3 is 0 Å². The number of aryl methyl sites for hydroxylation is 1. The number of hydrogen-bond donors (Lipinski definition) is 2. The van der Waals surface area contributed by atoms with Crippen molar-refractivity contribution in [2.24, 2.45) is 0 Å². The molecule has 1 aliphatic rings. The van der Waals surface area contributed by atoms with Gasteiger partial charge in [0, 0.05) is 18.1 Å². The number of amides is 1. The molecule has 2 N–H and O–H groups in total. The van der Waals surface area contributed by atoms with Crippen molar-refractivity contribution in [3.8, 4) is 0 Å². The minimum atomic E-state index is -0.729. The molecular weight excluding hydrogens is 283 g/mol. The zero-order valence-corrected chi connectivity index (χ0v) is 12.5. The largest absolute Gasteiger partial charge is 0.324 e. The number of carbonyl (C=O) groups excluding carboxylic acids is 1. The van der Waals surface area contributed by atoms with Gasteiger partial charge in [-0.3, -0.25) is 9.48 Å². The van der Waals surface area contributed by atoms with Crippen molar-refractivity contribution in [1.29, 1.82) is 0 Å². The van der Waals surface area contributed by atoms with Crippen molar-refractivity contribution in [3.63, 3.8) is 0 Å². The molecule has 1 fully saturated rings. The Morgan fingerprint density at radius 2 is 2.18 bits per heavy atom. The molecule has 0 atom stereocenters. The summed E-state index contributed by atoms with van der Waals surface area (Å²) in [6, 6.07) is 6.21. The number of piperidine rings is 1. The third kappa shape index (κ3) is 2.62. The molecule has 0 spiro atoms. The average Bonchev–Trinajstić information content (AvgIpc) is 3.06. The van der Waals surface area contributed by atoms with Crippen molar-refractivity contribution < 1.29 is 9.18 Å². The van der Waals surface area contributed by atoms with Gasteiger partial charge in [-0.1, -0.05) is 6.07 Å². The Morgan fingerprint density at radius 3 is 2.86 bits per heavy atom. The second-order valence-electron chi connectivity index (χ2n) is 5.65. The third-order valence-corrected chi connectivity index (χ3v) is 4.24. The van der Waals surface area contributed by atoms with E-state index >= 15 is 0 Å². The summed E-state index contributed by atoms with van der Waals surface area (Å²) in [5.74, 6) is -0.509. The van der Waals surface area contributed by atoms with Crippen LogP contribution in [0.25, 0.3) is 0 Å². The molecule has 0 aliphatic carbocycles. The molecule has 1 saturated heterocycles. The summed E-state index contributed by atoms with van der Waals surface area (Å²) in [4.78, 5) is 12.9. The van der Waals surface area contributed by atoms with Gasteiger partial charge in [0.2, 0.25) is 0 Å². The number of nitrogens with one attached hydrogen (secondary N) is 2. The highest BCUT2D eigenvalue weighted by atomic mass is 19.1. The molecule has 2 aromatic rings. The third-order valence-electron chi connectivity index (χ3n) is 4.24. The Morgan fingerprint density at radius 1 is 1.41 bits per heavy atom. The average molecular weight is 302 g/mol. The van der Waals surface area contributed by atoms with Crippen molar-refractivity contribution in [2.75, 3.05) is 18.4 Å². The van der Waals surface area contributed by atoms with E-state index in [4.69, 9.17) is 0 Å². The van der Waals surface area contributed by atoms with Gasteiger partial charge in [-0.2, -0.15) is 5.10 Å². The fourth-order valence-corrected chi connectivity index (χ4v) is 2.89. The molecule has 1 amide bonds. The van der Waals surface area contributed by atoms with E-state index in [0.29, 0.717) is 18.5 Å². The molecule has 22 heavy (non-hydrogen) atoms. The van der Waals surface area contributed by atoms with Crippen LogP contribution in [0.15, 0.2) is 36.7 Å². The monoisotopic (exact) mass is 302 g/mol. The van der Waals surface area contributed by atoms with E-state index in [9.17, 15) is 9.18 Å². The first-order valence-electron chi connectivity index (χ1n) is 7.40. The summed E-state index contributed by atoms with van der Waals surface area (Å²) < 4.78 is 15.1. The van der Waals surface area contributed by atoms with E-state index in [-0.39, 0.29) is 11.7 Å². The summed E-state index contributed by atoms with van der Waals surface area (Å²) in [5, 5.41) is 10.4. The molecule has 0 unspecified atom stereocenters. The van der Waals surface area contributed by atoms with E-state index in [2.05, 4.69) is 15.7 Å². The van der Waals surface area contributed by atoms with E-state index in [1.165, 1.54) is 12.1 Å². The molecule has 0 bridgehead atoms. The Kier molecular flexibility index (Phi) is 3.94. The van der Waals surface area contributed by atoms with Crippen LogP contribution in [0.3, 0.4) is 0 Å². The second kappa shape index (κ2) is 5.88. The number of hydrogen-bond acceptors (Lipinski definition) is 3. The maximum atomic E-state index is 13.4. The Hall–Kier alpha value is -2.21. The number of carbonyl (C=O) groups is 1. The van der Waals surface area contributed by atoms with E-state index in [0.717, 1.165) is 18.7 Å². The molecule has 3 rings (SSSR count). The topological polar surface area (TPSA) is 59.0 Å². The Bertz CT molecular complexity index is 663. The van der Waals surface area contributed by atoms with Gasteiger partial charge in [0.05, 0.1) is 0 Å². The quantitative estimate of drug-likeness (QED) is 0.912. The standard InChI is InChI=1S/C16H19FN4O/c1-12-3-4-13(17)11-14(12)20-15(22)16(5-8-18-9-6-16)21-10-2-7-19-21/h2-4,7,10-11,18H,5-6,8-9H2,1H3,(H,20,22). The highest BCUT2D eigenvalue weighted by Gasteiger charge is 2.42. The maximum absolute atomic E-state index is 13.4. The van der Waals surface area contributed by atoms with Crippen molar-refractivity contribution in [1.82, 2.24) is 15.1 Å². The zero-order valence-electron chi connectivity index (χ0n) is 12.5. The van der Waals surface area contributed by atoms with Crippen LogP contribution in [0.4, 0.5) is 10.1 Å². The summed E-state index contributed by atoms with van der Waals surface area (Å²) in [6.45, 7) is 3.34. The fourth-order valence-electron chi connectivity index (χ4n) is 2.89. The Labute approximate surface area is 128 Å². The van der Waals surface area contributed by atoms with E-state index in [1.807, 2.05) is 19.2 Å². The maximum Gasteiger partial charge on any atom is 0.252 e. The van der Waals surface area contributed by atoms with Gasteiger partial charge in [0.25, 0.3) is 5.91 Å². The molecule has 1 aromatic carbocycles. The molecule has 0 radical (unpaired) electrons. The lowest BCUT2D eigenvalue weighted by Gasteiger charge is -2.36. The summed E-state index contributed by atoms with van der Waals surface area (Å²) >= 11 is 0. The number of halogens is 1. The minimum absolute atomic E-state index is 0.147. The van der Waals surface area contributed by atoms with Crippen LogP contribution < -0.4 is 10.6 Å². The van der Waals surface area contributed by atoms with Gasteiger partial charge < -0.3 is 10.6 Å². The van der Waals surface area contributed by atoms with Crippen LogP contribution in [-0.4, -0.2) is 28.8 Å². The number of benzene rings is 1. The van der Waals surface area contributed by atoms with Crippen LogP contribution in [0.1, 0.15) is 18.4 Å². The lowest BCUT2D eigenvalue weighted by molar-refractivity contribution is -0.126. The first-order chi connectivity index (χ1) is 10.6. The fraction of sp³-hybridized carbons (Fsp3) is 0.375. The first-order valence-corrected chi connectivity index (χ1v) is 7.40. The smallest absolute Gasteiger partial charge is 0.252 e. The molecule has 1 aromatic heterocycles. The van der Waals surface area contributed by atoms with Gasteiger partial charge in [0.1, 0.15) is 11.4 Å². The molecule has 1 aliphatic heterocycles. The SMILES string of the molecule is Cc1ccc(F)cc1NC(=O)C1(n2cccn2)CCNCC1. The number of anilines is 1. The van der Waals surface area contributed by atoms with Crippen LogP contribution in [0.2, 0.25) is 0 Å². The predicted molar refractivity (Wildman–Crippen MR) is 82.1 cm³/mol. The number of aromatic nitrogens is 2. The van der Waals surface area contributed by atoms with Gasteiger partial charge in [0.15, 0.2) is 0 Å². The molecule has 116 valence electrons. The number of rotatable bonds is 3. The number of nitrogens with zero attached hydrogens (tertiary/aromatic N) is 2. The van der Waals surface area contributed by atoms with Crippen molar-refractivity contribution >= 4 is 11.6 Å². The first kappa shape index (κ1) is 14.7. The molecular formula is C16H19FN4O. The van der Waals surface area contributed by atoms with Crippen LogP contribution in [0.5, 0.6) is 0 Å². The summed E-state index contributed by atoms with van der Waals surface area (Å²) in [6.07, 6.45) is 4.78. The van der Waals surface area contributed by atoms with Crippen molar-refractivity contribution in [2.45, 2.75) is 25.3 Å². The summed E-state index contributed by atoms with van der Waals surface area (Å²) in [5.41, 5.74) is 0.613. The van der Waals surface area contributed by atoms with E-state index < -0.39 is 5.54 Å². The molecule has 6 heteroatoms. The second-order valence-corrected chi connectivity index (χ2v) is 5.65. The van der Waals surface area contributed by atoms with E-state index in [1.54, 1.807) is 16.9 Å². The molecule has 0 saturated carbocycles. The lowest BCUT2D eigenvalue weighted by Crippen LogP contribution is -2.52. The Balaban J connectivity index is 1.91. The van der Waals surface area contributed by atoms with Crippen molar-refractivity contribution in [3.05, 3.63) is 48.0 Å². The summed E-state index contributed by atoms with van der Waals surface area (Å²) in [7, 11) is 0. The molecule has 2 heterocycles.